The zero-order valence-electron chi connectivity index (χ0n) is 5.17. The van der Waals surface area contributed by atoms with Crippen LogP contribution in [0.4, 0.5) is 11.8 Å². The first-order valence-electron chi connectivity index (χ1n) is 2.53. The van der Waals surface area contributed by atoms with E-state index in [2.05, 4.69) is 14.4 Å². The number of furan rings is 1. The van der Waals surface area contributed by atoms with Crippen LogP contribution in [0.1, 0.15) is 0 Å². The monoisotopic (exact) mass is 154 g/mol. The van der Waals surface area contributed by atoms with Crippen LogP contribution in [-0.2, 0) is 0 Å². The summed E-state index contributed by atoms with van der Waals surface area (Å²) in [4.78, 5) is 11.7. The lowest BCUT2D eigenvalue weighted by atomic mass is 10.6. The Hall–Kier alpha value is -2.01. The number of rotatable bonds is 2. The molecule has 0 aliphatic rings. The third kappa shape index (κ3) is 1.46. The van der Waals surface area contributed by atoms with Crippen molar-refractivity contribution < 1.29 is 9.34 Å². The van der Waals surface area contributed by atoms with Gasteiger partial charge < -0.3 is 4.42 Å². The molecule has 1 heterocycles. The molecule has 0 saturated carbocycles. The van der Waals surface area contributed by atoms with E-state index in [1.807, 2.05) is 0 Å². The largest absolute Gasteiger partial charge is 0.433 e. The molecular weight excluding hydrogens is 152 g/mol. The molecule has 0 aromatic carbocycles. The molecule has 0 unspecified atom stereocenters. The summed E-state index contributed by atoms with van der Waals surface area (Å²) in [5.41, 5.74) is 7.90. The molecule has 0 aliphatic heterocycles. The maximum atomic E-state index is 10.00. The SMILES string of the molecule is [N-]=[N+]=Nc1ccc([N+](=O)[O-])o1. The van der Waals surface area contributed by atoms with Gasteiger partial charge in [-0.05, 0) is 16.7 Å². The molecule has 0 saturated heterocycles. The molecule has 1 aromatic rings. The molecule has 7 heteroatoms. The summed E-state index contributed by atoms with van der Waals surface area (Å²) in [6, 6.07) is 2.34. The maximum Gasteiger partial charge on any atom is 0.433 e. The van der Waals surface area contributed by atoms with Gasteiger partial charge in [-0.1, -0.05) is 0 Å². The lowest BCUT2D eigenvalue weighted by Gasteiger charge is -1.79. The van der Waals surface area contributed by atoms with Crippen LogP contribution in [0.15, 0.2) is 21.7 Å². The lowest BCUT2D eigenvalue weighted by molar-refractivity contribution is -0.401. The van der Waals surface area contributed by atoms with E-state index in [0.717, 1.165) is 6.07 Å². The number of azide groups is 1. The first-order valence-corrected chi connectivity index (χ1v) is 2.53. The molecular formula is C4H2N4O3. The number of nitrogens with zero attached hydrogens (tertiary/aromatic N) is 4. The van der Waals surface area contributed by atoms with Crippen molar-refractivity contribution in [1.29, 1.82) is 0 Å². The molecule has 0 bridgehead atoms. The first-order chi connectivity index (χ1) is 5.24. The number of hydrogen-bond donors (Lipinski definition) is 0. The van der Waals surface area contributed by atoms with Crippen LogP contribution >= 0.6 is 0 Å². The van der Waals surface area contributed by atoms with Crippen molar-refractivity contribution in [2.24, 2.45) is 5.11 Å². The molecule has 0 amide bonds. The molecule has 0 spiro atoms. The average molecular weight is 154 g/mol. The smallest absolute Gasteiger partial charge is 0.399 e. The minimum absolute atomic E-state index is 0.112. The van der Waals surface area contributed by atoms with Gasteiger partial charge in [0.1, 0.15) is 4.92 Å². The molecule has 1 rings (SSSR count). The molecule has 56 valence electrons. The molecule has 0 N–H and O–H groups in total. The lowest BCUT2D eigenvalue weighted by Crippen LogP contribution is -1.82. The van der Waals surface area contributed by atoms with Crippen LogP contribution in [0.5, 0.6) is 0 Å². The van der Waals surface area contributed by atoms with Gasteiger partial charge >= 0.3 is 5.88 Å². The second-order valence-electron chi connectivity index (χ2n) is 1.56. The van der Waals surface area contributed by atoms with Gasteiger partial charge in [-0.25, -0.2) is 0 Å². The van der Waals surface area contributed by atoms with Crippen molar-refractivity contribution in [2.75, 3.05) is 0 Å². The predicted octanol–water partition coefficient (Wildman–Crippen LogP) is 2.13. The molecule has 1 aromatic heterocycles. The Balaban J connectivity index is 2.99. The van der Waals surface area contributed by atoms with Gasteiger partial charge in [0.15, 0.2) is 5.88 Å². The van der Waals surface area contributed by atoms with E-state index in [4.69, 9.17) is 5.53 Å². The summed E-state index contributed by atoms with van der Waals surface area (Å²) in [6.45, 7) is 0. The van der Waals surface area contributed by atoms with Gasteiger partial charge in [0.25, 0.3) is 0 Å². The Bertz CT molecular complexity index is 307. The van der Waals surface area contributed by atoms with Crippen molar-refractivity contribution in [3.63, 3.8) is 0 Å². The van der Waals surface area contributed by atoms with Gasteiger partial charge in [-0.3, -0.25) is 10.1 Å². The standard InChI is InChI=1S/C4H2N4O3/c5-7-6-3-1-2-4(11-3)8(9)10/h1-2H. The second kappa shape index (κ2) is 2.72. The van der Waals surface area contributed by atoms with E-state index >= 15 is 0 Å². The Labute approximate surface area is 60.0 Å². The summed E-state index contributed by atoms with van der Waals surface area (Å²) >= 11 is 0. The maximum absolute atomic E-state index is 10.00. The van der Waals surface area contributed by atoms with Crippen molar-refractivity contribution in [1.82, 2.24) is 0 Å². The van der Waals surface area contributed by atoms with Gasteiger partial charge in [0.05, 0.1) is 6.07 Å². The summed E-state index contributed by atoms with van der Waals surface area (Å²) in [5, 5.41) is 13.0. The second-order valence-corrected chi connectivity index (χ2v) is 1.56. The van der Waals surface area contributed by atoms with Crippen LogP contribution in [0.3, 0.4) is 0 Å². The Kier molecular flexibility index (Phi) is 1.75. The van der Waals surface area contributed by atoms with Gasteiger partial charge in [-0.2, -0.15) is 0 Å². The van der Waals surface area contributed by atoms with E-state index in [0.29, 0.717) is 0 Å². The fraction of sp³-hybridized carbons (Fsp3) is 0. The molecule has 11 heavy (non-hydrogen) atoms. The van der Waals surface area contributed by atoms with E-state index in [1.165, 1.54) is 6.07 Å². The highest BCUT2D eigenvalue weighted by Gasteiger charge is 2.09. The quantitative estimate of drug-likeness (QED) is 0.214. The van der Waals surface area contributed by atoms with Crippen LogP contribution in [0.25, 0.3) is 10.4 Å². The molecule has 0 aliphatic carbocycles. The fourth-order valence-electron chi connectivity index (χ4n) is 0.514. The van der Waals surface area contributed by atoms with Gasteiger partial charge in [0.2, 0.25) is 0 Å². The summed E-state index contributed by atoms with van der Waals surface area (Å²) in [7, 11) is 0. The summed E-state index contributed by atoms with van der Waals surface area (Å²) in [5.74, 6) is -0.549. The average Bonchev–Trinajstić information content (AvgIpc) is 2.37. The molecule has 0 radical (unpaired) electrons. The van der Waals surface area contributed by atoms with Crippen molar-refractivity contribution in [2.45, 2.75) is 0 Å². The highest BCUT2D eigenvalue weighted by molar-refractivity contribution is 5.30. The zero-order chi connectivity index (χ0) is 8.27. The third-order valence-corrected chi connectivity index (χ3v) is 0.901. The van der Waals surface area contributed by atoms with E-state index < -0.39 is 10.8 Å². The van der Waals surface area contributed by atoms with Gasteiger partial charge in [0, 0.05) is 4.91 Å². The highest BCUT2D eigenvalue weighted by Crippen LogP contribution is 2.21. The summed E-state index contributed by atoms with van der Waals surface area (Å²) in [6.07, 6.45) is 0. The Morgan fingerprint density at radius 3 is 2.91 bits per heavy atom. The number of nitro groups is 1. The predicted molar refractivity (Wildman–Crippen MR) is 34.2 cm³/mol. The third-order valence-electron chi connectivity index (χ3n) is 0.901. The van der Waals surface area contributed by atoms with Crippen LogP contribution in [0, 0.1) is 10.1 Å². The fourth-order valence-corrected chi connectivity index (χ4v) is 0.514. The minimum Gasteiger partial charge on any atom is -0.399 e. The molecule has 7 nitrogen and oxygen atoms in total. The highest BCUT2D eigenvalue weighted by atomic mass is 16.6. The summed E-state index contributed by atoms with van der Waals surface area (Å²) < 4.78 is 4.47. The van der Waals surface area contributed by atoms with Crippen LogP contribution in [-0.4, -0.2) is 4.92 Å². The van der Waals surface area contributed by atoms with E-state index in [1.54, 1.807) is 0 Å². The minimum atomic E-state index is -0.712. The van der Waals surface area contributed by atoms with E-state index in [-0.39, 0.29) is 5.88 Å². The van der Waals surface area contributed by atoms with E-state index in [9.17, 15) is 10.1 Å². The first kappa shape index (κ1) is 7.10. The van der Waals surface area contributed by atoms with Crippen LogP contribution < -0.4 is 0 Å². The van der Waals surface area contributed by atoms with Crippen molar-refractivity contribution >= 4 is 11.8 Å². The Morgan fingerprint density at radius 1 is 1.73 bits per heavy atom. The number of hydrogen-bond acceptors (Lipinski definition) is 4. The van der Waals surface area contributed by atoms with Gasteiger partial charge in [-0.15, -0.1) is 0 Å². The van der Waals surface area contributed by atoms with Crippen molar-refractivity contribution in [3.8, 4) is 0 Å². The zero-order valence-corrected chi connectivity index (χ0v) is 5.17. The normalized spacial score (nSPS) is 8.73. The Morgan fingerprint density at radius 2 is 2.45 bits per heavy atom. The van der Waals surface area contributed by atoms with Crippen molar-refractivity contribution in [3.05, 3.63) is 32.7 Å². The topological polar surface area (TPSA) is 105 Å². The molecule has 0 atom stereocenters. The molecule has 0 fully saturated rings. The van der Waals surface area contributed by atoms with Crippen LogP contribution in [0.2, 0.25) is 0 Å².